The molecule has 0 spiro atoms. The van der Waals surface area contributed by atoms with E-state index in [1.165, 1.54) is 6.92 Å². The summed E-state index contributed by atoms with van der Waals surface area (Å²) >= 11 is 0. The van der Waals surface area contributed by atoms with Crippen molar-refractivity contribution >= 4 is 17.5 Å². The van der Waals surface area contributed by atoms with Gasteiger partial charge in [-0.1, -0.05) is 18.2 Å². The first-order valence-electron chi connectivity index (χ1n) is 7.00. The normalized spacial score (nSPS) is 13.8. The average Bonchev–Trinajstić information content (AvgIpc) is 3.23. The number of rotatable bonds is 7. The molecule has 1 fully saturated rings. The molecule has 0 radical (unpaired) electrons. The largest absolute Gasteiger partial charge is 0.355 e. The van der Waals surface area contributed by atoms with E-state index < -0.39 is 0 Å². The molecule has 108 valence electrons. The highest BCUT2D eigenvalue weighted by Crippen LogP contribution is 2.28. The quantitative estimate of drug-likeness (QED) is 0.656. The average molecular weight is 275 g/mol. The third-order valence-corrected chi connectivity index (χ3v) is 3.19. The number of hydrogen-bond donors (Lipinski definition) is 3. The minimum Gasteiger partial charge on any atom is -0.355 e. The first-order valence-corrected chi connectivity index (χ1v) is 7.00. The maximum atomic E-state index is 11.4. The van der Waals surface area contributed by atoms with Crippen LogP contribution in [0.5, 0.6) is 0 Å². The van der Waals surface area contributed by atoms with E-state index >= 15 is 0 Å². The predicted molar refractivity (Wildman–Crippen MR) is 78.2 cm³/mol. The van der Waals surface area contributed by atoms with Crippen molar-refractivity contribution in [2.24, 2.45) is 5.92 Å². The summed E-state index contributed by atoms with van der Waals surface area (Å²) in [6.07, 6.45) is 2.06. The van der Waals surface area contributed by atoms with Crippen LogP contribution < -0.4 is 16.0 Å². The molecule has 0 aliphatic heterocycles. The van der Waals surface area contributed by atoms with Gasteiger partial charge < -0.3 is 16.0 Å². The number of anilines is 1. The van der Waals surface area contributed by atoms with E-state index in [0.717, 1.165) is 24.1 Å². The molecule has 0 aromatic heterocycles. The third kappa shape index (κ3) is 4.66. The van der Waals surface area contributed by atoms with Crippen molar-refractivity contribution in [2.45, 2.75) is 26.3 Å². The molecule has 5 heteroatoms. The summed E-state index contributed by atoms with van der Waals surface area (Å²) in [7, 11) is 0. The lowest BCUT2D eigenvalue weighted by Gasteiger charge is -2.11. The molecule has 1 aliphatic carbocycles. The van der Waals surface area contributed by atoms with Gasteiger partial charge in [-0.2, -0.15) is 0 Å². The van der Waals surface area contributed by atoms with Gasteiger partial charge in [-0.25, -0.2) is 0 Å². The molecule has 0 atom stereocenters. The first-order chi connectivity index (χ1) is 9.66. The monoisotopic (exact) mass is 275 g/mol. The topological polar surface area (TPSA) is 70.2 Å². The molecule has 2 amide bonds. The molecule has 20 heavy (non-hydrogen) atoms. The van der Waals surface area contributed by atoms with Gasteiger partial charge in [0.05, 0.1) is 0 Å². The van der Waals surface area contributed by atoms with E-state index in [-0.39, 0.29) is 17.7 Å². The summed E-state index contributed by atoms with van der Waals surface area (Å²) in [4.78, 5) is 22.5. The second kappa shape index (κ2) is 7.05. The zero-order valence-electron chi connectivity index (χ0n) is 11.7. The molecule has 0 heterocycles. The molecule has 1 aromatic carbocycles. The van der Waals surface area contributed by atoms with E-state index in [2.05, 4.69) is 16.0 Å². The highest BCUT2D eigenvalue weighted by atomic mass is 16.2. The van der Waals surface area contributed by atoms with Gasteiger partial charge in [0.25, 0.3) is 0 Å². The molecule has 5 nitrogen and oxygen atoms in total. The van der Waals surface area contributed by atoms with Crippen LogP contribution in [0.4, 0.5) is 5.69 Å². The lowest BCUT2D eigenvalue weighted by atomic mass is 10.1. The highest BCUT2D eigenvalue weighted by Gasteiger charge is 2.28. The van der Waals surface area contributed by atoms with Gasteiger partial charge in [0.1, 0.15) is 0 Å². The van der Waals surface area contributed by atoms with Gasteiger partial charge in [-0.05, 0) is 24.5 Å². The van der Waals surface area contributed by atoms with Gasteiger partial charge >= 0.3 is 0 Å². The number of nitrogens with one attached hydrogen (secondary N) is 3. The summed E-state index contributed by atoms with van der Waals surface area (Å²) in [6, 6.07) is 7.69. The lowest BCUT2D eigenvalue weighted by molar-refractivity contribution is -0.122. The van der Waals surface area contributed by atoms with E-state index in [9.17, 15) is 9.59 Å². The van der Waals surface area contributed by atoms with Crippen molar-refractivity contribution in [3.8, 4) is 0 Å². The Labute approximate surface area is 119 Å². The molecule has 1 saturated carbocycles. The summed E-state index contributed by atoms with van der Waals surface area (Å²) in [5, 5.41) is 8.98. The second-order valence-electron chi connectivity index (χ2n) is 5.08. The van der Waals surface area contributed by atoms with E-state index in [4.69, 9.17) is 0 Å². The fraction of sp³-hybridized carbons (Fsp3) is 0.467. The molecular formula is C15H21N3O2. The van der Waals surface area contributed by atoms with Crippen LogP contribution in [0.15, 0.2) is 24.3 Å². The fourth-order valence-corrected chi connectivity index (χ4v) is 1.97. The minimum absolute atomic E-state index is 0.0749. The number of amides is 2. The summed E-state index contributed by atoms with van der Waals surface area (Å²) in [6.45, 7) is 3.51. The first kappa shape index (κ1) is 14.5. The van der Waals surface area contributed by atoms with Gasteiger partial charge in [-0.15, -0.1) is 0 Å². The van der Waals surface area contributed by atoms with E-state index in [0.29, 0.717) is 19.6 Å². The number of para-hydroxylation sites is 1. The molecule has 1 aromatic rings. The summed E-state index contributed by atoms with van der Waals surface area (Å²) in [5.41, 5.74) is 1.87. The SMILES string of the molecule is CC(=O)Nc1ccccc1CNCCNC(=O)C1CC1. The summed E-state index contributed by atoms with van der Waals surface area (Å²) in [5.74, 6) is 0.357. The number of carbonyl (C=O) groups is 2. The van der Waals surface area contributed by atoms with Crippen LogP contribution in [-0.2, 0) is 16.1 Å². The standard InChI is InChI=1S/C15H21N3O2/c1-11(19)18-14-5-3-2-4-13(14)10-16-8-9-17-15(20)12-6-7-12/h2-5,12,16H,6-10H2,1H3,(H,17,20)(H,18,19). The van der Waals surface area contributed by atoms with Gasteiger partial charge in [-0.3, -0.25) is 9.59 Å². The van der Waals surface area contributed by atoms with Crippen LogP contribution in [0.2, 0.25) is 0 Å². The molecule has 0 unspecified atom stereocenters. The maximum Gasteiger partial charge on any atom is 0.223 e. The van der Waals surface area contributed by atoms with Gasteiger partial charge in [0, 0.05) is 38.2 Å². The van der Waals surface area contributed by atoms with Crippen LogP contribution in [-0.4, -0.2) is 24.9 Å². The van der Waals surface area contributed by atoms with Crippen molar-refractivity contribution in [1.29, 1.82) is 0 Å². The van der Waals surface area contributed by atoms with Crippen molar-refractivity contribution in [2.75, 3.05) is 18.4 Å². The van der Waals surface area contributed by atoms with Crippen molar-refractivity contribution < 1.29 is 9.59 Å². The van der Waals surface area contributed by atoms with E-state index in [1.54, 1.807) is 0 Å². The lowest BCUT2D eigenvalue weighted by Crippen LogP contribution is -2.32. The Morgan fingerprint density at radius 3 is 2.65 bits per heavy atom. The van der Waals surface area contributed by atoms with Crippen molar-refractivity contribution in [3.05, 3.63) is 29.8 Å². The Balaban J connectivity index is 1.70. The minimum atomic E-state index is -0.0749. The highest BCUT2D eigenvalue weighted by molar-refractivity contribution is 5.89. The number of hydrogen-bond acceptors (Lipinski definition) is 3. The predicted octanol–water partition coefficient (Wildman–Crippen LogP) is 1.26. The zero-order valence-corrected chi connectivity index (χ0v) is 11.7. The zero-order chi connectivity index (χ0) is 14.4. The Bertz CT molecular complexity index is 484. The van der Waals surface area contributed by atoms with E-state index in [1.807, 2.05) is 24.3 Å². The Morgan fingerprint density at radius 2 is 1.95 bits per heavy atom. The Kier molecular flexibility index (Phi) is 5.12. The van der Waals surface area contributed by atoms with Crippen LogP contribution >= 0.6 is 0 Å². The summed E-state index contributed by atoms with van der Waals surface area (Å²) < 4.78 is 0. The molecule has 0 saturated heterocycles. The molecule has 0 bridgehead atoms. The Morgan fingerprint density at radius 1 is 1.20 bits per heavy atom. The smallest absolute Gasteiger partial charge is 0.223 e. The number of benzene rings is 1. The van der Waals surface area contributed by atoms with Crippen LogP contribution in [0.3, 0.4) is 0 Å². The van der Waals surface area contributed by atoms with Crippen molar-refractivity contribution in [1.82, 2.24) is 10.6 Å². The number of carbonyl (C=O) groups excluding carboxylic acids is 2. The van der Waals surface area contributed by atoms with Crippen molar-refractivity contribution in [3.63, 3.8) is 0 Å². The van der Waals surface area contributed by atoms with Crippen LogP contribution in [0.25, 0.3) is 0 Å². The third-order valence-electron chi connectivity index (χ3n) is 3.19. The fourth-order valence-electron chi connectivity index (χ4n) is 1.97. The molecule has 3 N–H and O–H groups in total. The second-order valence-corrected chi connectivity index (χ2v) is 5.08. The Hall–Kier alpha value is -1.88. The molecule has 1 aliphatic rings. The van der Waals surface area contributed by atoms with Gasteiger partial charge in [0.2, 0.25) is 11.8 Å². The maximum absolute atomic E-state index is 11.4. The van der Waals surface area contributed by atoms with Gasteiger partial charge in [0.15, 0.2) is 0 Å². The molecule has 2 rings (SSSR count). The molecular weight excluding hydrogens is 254 g/mol. The van der Waals surface area contributed by atoms with Crippen LogP contribution in [0.1, 0.15) is 25.3 Å². The van der Waals surface area contributed by atoms with Crippen LogP contribution in [0, 0.1) is 5.92 Å².